The molecule has 0 saturated heterocycles. The molecule has 0 fully saturated rings. The third kappa shape index (κ3) is 3.52. The summed E-state index contributed by atoms with van der Waals surface area (Å²) >= 11 is 3.41. The number of hydrogen-bond acceptors (Lipinski definition) is 2. The molecule has 0 spiro atoms. The number of aromatic amines is 1. The topological polar surface area (TPSA) is 63.8 Å². The monoisotopic (exact) mass is 369 g/mol. The van der Waals surface area contributed by atoms with Gasteiger partial charge in [-0.2, -0.15) is 0 Å². The van der Waals surface area contributed by atoms with Gasteiger partial charge < -0.3 is 8.59 Å². The molecule has 3 rings (SSSR count). The van der Waals surface area contributed by atoms with Gasteiger partial charge in [0.2, 0.25) is 0 Å². The second kappa shape index (κ2) is 7.28. The van der Waals surface area contributed by atoms with E-state index in [4.69, 9.17) is 5.73 Å². The van der Waals surface area contributed by atoms with Gasteiger partial charge in [0.1, 0.15) is 0 Å². The van der Waals surface area contributed by atoms with E-state index in [2.05, 4.69) is 21.0 Å². The van der Waals surface area contributed by atoms with E-state index < -0.39 is 0 Å². The standard InChI is InChI=1S/C16H14BrN3O.Mg.2H/c17-13-5-3-12(4-6-13)15-9-16(21)19-20(15)14-7-1-11(10-18)2-8-14;;;/h1-9H,10,18H2,(H,19,21);;;/q;+2;2*-1. The third-order valence-electron chi connectivity index (χ3n) is 3.30. The largest absolute Gasteiger partial charge is 2.00 e. The van der Waals surface area contributed by atoms with E-state index in [1.807, 2.05) is 48.5 Å². The molecule has 22 heavy (non-hydrogen) atoms. The van der Waals surface area contributed by atoms with Crippen LogP contribution in [0.15, 0.2) is 63.9 Å². The average molecular weight is 371 g/mol. The molecule has 0 aliphatic rings. The van der Waals surface area contributed by atoms with E-state index in [1.165, 1.54) is 0 Å². The molecule has 0 bridgehead atoms. The van der Waals surface area contributed by atoms with Crippen molar-refractivity contribution in [3.8, 4) is 16.9 Å². The molecule has 0 aliphatic carbocycles. The minimum absolute atomic E-state index is 0. The summed E-state index contributed by atoms with van der Waals surface area (Å²) in [5, 5.41) is 2.83. The third-order valence-corrected chi connectivity index (χ3v) is 3.83. The Morgan fingerprint density at radius 1 is 1.09 bits per heavy atom. The maximum Gasteiger partial charge on any atom is 2.00 e. The molecule has 1 aromatic heterocycles. The molecule has 0 unspecified atom stereocenters. The number of nitrogens with zero attached hydrogens (tertiary/aromatic N) is 1. The smallest absolute Gasteiger partial charge is 1.00 e. The summed E-state index contributed by atoms with van der Waals surface area (Å²) in [6.45, 7) is 0.502. The first-order valence-electron chi connectivity index (χ1n) is 6.55. The van der Waals surface area contributed by atoms with Gasteiger partial charge in [0.05, 0.1) is 11.4 Å². The van der Waals surface area contributed by atoms with Gasteiger partial charge in [-0.25, -0.2) is 0 Å². The van der Waals surface area contributed by atoms with Crippen molar-refractivity contribution in [1.82, 2.24) is 9.78 Å². The Hall–Kier alpha value is -1.34. The van der Waals surface area contributed by atoms with E-state index in [1.54, 1.807) is 10.7 Å². The van der Waals surface area contributed by atoms with Crippen LogP contribution in [-0.4, -0.2) is 32.8 Å². The average Bonchev–Trinajstić information content (AvgIpc) is 2.90. The summed E-state index contributed by atoms with van der Waals surface area (Å²) < 4.78 is 2.79. The van der Waals surface area contributed by atoms with Gasteiger partial charge in [0, 0.05) is 22.6 Å². The first-order chi connectivity index (χ1) is 10.2. The fraction of sp³-hybridized carbons (Fsp3) is 0.0625. The molecule has 6 heteroatoms. The summed E-state index contributed by atoms with van der Waals surface area (Å²) in [4.78, 5) is 11.7. The van der Waals surface area contributed by atoms with Crippen LogP contribution < -0.4 is 11.3 Å². The number of rotatable bonds is 3. The number of nitrogens with one attached hydrogen (secondary N) is 1. The zero-order valence-corrected chi connectivity index (χ0v) is 14.9. The van der Waals surface area contributed by atoms with E-state index >= 15 is 0 Å². The quantitative estimate of drug-likeness (QED) is 0.696. The first kappa shape index (κ1) is 17.0. The second-order valence-electron chi connectivity index (χ2n) is 4.72. The molecule has 0 amide bonds. The predicted octanol–water partition coefficient (Wildman–Crippen LogP) is 2.90. The Bertz CT molecular complexity index is 817. The van der Waals surface area contributed by atoms with E-state index in [0.717, 1.165) is 27.0 Å². The van der Waals surface area contributed by atoms with Crippen LogP contribution in [0.25, 0.3) is 16.9 Å². The van der Waals surface area contributed by atoms with E-state index in [0.29, 0.717) is 6.54 Å². The molecule has 3 aromatic rings. The van der Waals surface area contributed by atoms with Gasteiger partial charge in [0.25, 0.3) is 5.56 Å². The molecular weight excluding hydrogens is 354 g/mol. The Labute approximate surface area is 155 Å². The van der Waals surface area contributed by atoms with E-state index in [9.17, 15) is 4.79 Å². The van der Waals surface area contributed by atoms with Crippen molar-refractivity contribution >= 4 is 39.0 Å². The van der Waals surface area contributed by atoms with Gasteiger partial charge in [-0.3, -0.25) is 14.6 Å². The Balaban J connectivity index is 0.00000176. The van der Waals surface area contributed by atoms with Crippen molar-refractivity contribution in [2.45, 2.75) is 6.54 Å². The SMILES string of the molecule is NCc1ccc(-n2[nH]c(=O)cc2-c2ccc(Br)cc2)cc1.[H-].[H-].[Mg+2]. The molecular formula is C16H16BrMgN3O. The van der Waals surface area contributed by atoms with Crippen molar-refractivity contribution in [3.63, 3.8) is 0 Å². The van der Waals surface area contributed by atoms with Crippen molar-refractivity contribution in [2.24, 2.45) is 5.73 Å². The van der Waals surface area contributed by atoms with Crippen LogP contribution in [0.1, 0.15) is 8.42 Å². The summed E-state index contributed by atoms with van der Waals surface area (Å²) in [6.07, 6.45) is 0. The zero-order valence-electron chi connectivity index (χ0n) is 13.9. The summed E-state index contributed by atoms with van der Waals surface area (Å²) in [5.74, 6) is 0. The number of halogens is 1. The number of nitrogens with two attached hydrogens (primary N) is 1. The normalized spacial score (nSPS) is 10.3. The maximum absolute atomic E-state index is 11.7. The van der Waals surface area contributed by atoms with Crippen molar-refractivity contribution < 1.29 is 2.85 Å². The molecule has 0 atom stereocenters. The van der Waals surface area contributed by atoms with Crippen LogP contribution in [-0.2, 0) is 6.54 Å². The number of H-pyrrole nitrogens is 1. The summed E-state index contributed by atoms with van der Waals surface area (Å²) in [7, 11) is 0. The van der Waals surface area contributed by atoms with Crippen molar-refractivity contribution in [1.29, 1.82) is 0 Å². The molecule has 110 valence electrons. The minimum Gasteiger partial charge on any atom is -1.00 e. The van der Waals surface area contributed by atoms with Crippen LogP contribution in [0, 0.1) is 0 Å². The fourth-order valence-electron chi connectivity index (χ4n) is 2.21. The zero-order chi connectivity index (χ0) is 14.8. The molecule has 0 saturated carbocycles. The fourth-order valence-corrected chi connectivity index (χ4v) is 2.47. The Morgan fingerprint density at radius 3 is 2.32 bits per heavy atom. The van der Waals surface area contributed by atoms with Gasteiger partial charge in [0.15, 0.2) is 0 Å². The van der Waals surface area contributed by atoms with Crippen LogP contribution in [0.3, 0.4) is 0 Å². The molecule has 0 radical (unpaired) electrons. The number of benzene rings is 2. The molecule has 2 aromatic carbocycles. The molecule has 4 nitrogen and oxygen atoms in total. The molecule has 3 N–H and O–H groups in total. The van der Waals surface area contributed by atoms with Gasteiger partial charge in [-0.1, -0.05) is 40.2 Å². The first-order valence-corrected chi connectivity index (χ1v) is 7.34. The molecule has 0 aliphatic heterocycles. The van der Waals surface area contributed by atoms with Gasteiger partial charge in [-0.05, 0) is 29.8 Å². The van der Waals surface area contributed by atoms with E-state index in [-0.39, 0.29) is 31.5 Å². The second-order valence-corrected chi connectivity index (χ2v) is 5.63. The van der Waals surface area contributed by atoms with Crippen molar-refractivity contribution in [2.75, 3.05) is 0 Å². The van der Waals surface area contributed by atoms with Crippen LogP contribution in [0.2, 0.25) is 0 Å². The Kier molecular flexibility index (Phi) is 5.63. The summed E-state index contributed by atoms with van der Waals surface area (Å²) in [6, 6.07) is 17.2. The predicted molar refractivity (Wildman–Crippen MR) is 95.4 cm³/mol. The van der Waals surface area contributed by atoms with Gasteiger partial charge in [-0.15, -0.1) is 0 Å². The number of aromatic nitrogens is 2. The van der Waals surface area contributed by atoms with Gasteiger partial charge >= 0.3 is 23.1 Å². The number of hydrogen-bond donors (Lipinski definition) is 2. The van der Waals surface area contributed by atoms with Crippen LogP contribution >= 0.6 is 15.9 Å². The maximum atomic E-state index is 11.7. The molecule has 1 heterocycles. The minimum atomic E-state index is -0.129. The van der Waals surface area contributed by atoms with Crippen molar-refractivity contribution in [3.05, 3.63) is 75.0 Å². The Morgan fingerprint density at radius 2 is 1.73 bits per heavy atom. The summed E-state index contributed by atoms with van der Waals surface area (Å²) in [5.41, 5.74) is 9.23. The van der Waals surface area contributed by atoms with Crippen LogP contribution in [0.5, 0.6) is 0 Å². The van der Waals surface area contributed by atoms with Crippen LogP contribution in [0.4, 0.5) is 0 Å².